The molecule has 0 N–H and O–H groups in total. The Bertz CT molecular complexity index is 2610. The summed E-state index contributed by atoms with van der Waals surface area (Å²) in [6.45, 7) is 0. The molecule has 0 saturated heterocycles. The molecule has 0 aliphatic heterocycles. The van der Waals surface area contributed by atoms with Crippen LogP contribution in [0.15, 0.2) is 133 Å². The second-order valence-electron chi connectivity index (χ2n) is 12.8. The van der Waals surface area contributed by atoms with Gasteiger partial charge in [-0.2, -0.15) is 0 Å². The van der Waals surface area contributed by atoms with Crippen molar-refractivity contribution in [2.24, 2.45) is 0 Å². The van der Waals surface area contributed by atoms with Gasteiger partial charge in [-0.1, -0.05) is 133 Å². The molecule has 7 aromatic carbocycles. The molecule has 0 spiro atoms. The number of fused-ring (bicyclic) bond motifs is 13. The first-order valence-electron chi connectivity index (χ1n) is 16.3. The molecule has 0 saturated carbocycles. The summed E-state index contributed by atoms with van der Waals surface area (Å²) in [5.74, 6) is 0. The van der Waals surface area contributed by atoms with Crippen molar-refractivity contribution in [2.45, 2.75) is 12.8 Å². The van der Waals surface area contributed by atoms with Gasteiger partial charge in [0.25, 0.3) is 0 Å². The van der Waals surface area contributed by atoms with E-state index in [1.807, 2.05) is 11.3 Å². The molecule has 2 aliphatic carbocycles. The van der Waals surface area contributed by atoms with Gasteiger partial charge in [-0.05, 0) is 68.1 Å². The molecule has 0 unspecified atom stereocenters. The average Bonchev–Trinajstić information content (AvgIpc) is 3.82. The van der Waals surface area contributed by atoms with E-state index < -0.39 is 0 Å². The van der Waals surface area contributed by atoms with Gasteiger partial charge in [-0.15, -0.1) is 11.3 Å². The Morgan fingerprint density at radius 3 is 1.21 bits per heavy atom. The lowest BCUT2D eigenvalue weighted by Crippen LogP contribution is -1.92. The van der Waals surface area contributed by atoms with Crippen LogP contribution in [0.2, 0.25) is 0 Å². The number of thiophene rings is 1. The minimum absolute atomic E-state index is 0.962. The van der Waals surface area contributed by atoms with Gasteiger partial charge in [0.15, 0.2) is 0 Å². The first kappa shape index (κ1) is 25.5. The Balaban J connectivity index is 1.30. The highest BCUT2D eigenvalue weighted by molar-refractivity contribution is 7.21. The first-order valence-corrected chi connectivity index (χ1v) is 17.1. The second-order valence-corrected chi connectivity index (χ2v) is 13.8. The molecule has 218 valence electrons. The molecule has 0 radical (unpaired) electrons. The maximum absolute atomic E-state index is 5.65. The predicted molar refractivity (Wildman–Crippen MR) is 197 cm³/mol. The summed E-state index contributed by atoms with van der Waals surface area (Å²) >= 11 is 1.86. The summed E-state index contributed by atoms with van der Waals surface area (Å²) in [5, 5.41) is 4.72. The van der Waals surface area contributed by atoms with Crippen LogP contribution in [0.3, 0.4) is 0 Å². The van der Waals surface area contributed by atoms with Crippen molar-refractivity contribution in [1.29, 1.82) is 0 Å². The van der Waals surface area contributed by atoms with Crippen LogP contribution >= 0.6 is 11.3 Å². The lowest BCUT2D eigenvalue weighted by molar-refractivity contribution is 1.26. The van der Waals surface area contributed by atoms with Crippen LogP contribution in [-0.4, -0.2) is 9.97 Å². The average molecular weight is 615 g/mol. The minimum Gasteiger partial charge on any atom is -0.242 e. The van der Waals surface area contributed by atoms with Gasteiger partial charge in [0.2, 0.25) is 0 Å². The molecule has 0 fully saturated rings. The lowest BCUT2D eigenvalue weighted by atomic mass is 9.96. The number of hydrogen-bond acceptors (Lipinski definition) is 3. The van der Waals surface area contributed by atoms with Gasteiger partial charge in [0.05, 0.1) is 20.8 Å². The van der Waals surface area contributed by atoms with Crippen molar-refractivity contribution < 1.29 is 0 Å². The van der Waals surface area contributed by atoms with Crippen LogP contribution in [-0.2, 0) is 12.8 Å². The van der Waals surface area contributed by atoms with Gasteiger partial charge in [-0.25, -0.2) is 9.97 Å². The quantitative estimate of drug-likeness (QED) is 0.181. The summed E-state index contributed by atoms with van der Waals surface area (Å²) in [6.07, 6.45) is 1.92. The molecule has 47 heavy (non-hydrogen) atoms. The number of aromatic nitrogens is 2. The second kappa shape index (κ2) is 9.45. The molecule has 9 aromatic rings. The summed E-state index contributed by atoms with van der Waals surface area (Å²) in [6, 6.07) is 48.7. The standard InChI is InChI=1S/C44H26N2S/c1-3-15-29-25(11-1)23-27-13-9-21-35(37(27)29)43-41-42(44(47-43)36-22-10-14-28-24-26-12-2-4-16-30(26)38(28)36)46-40-34-20-8-6-18-32(34)31-17-5-7-19-33(31)39(40)45-41/h1-22H,23-24H2. The molecule has 0 atom stereocenters. The number of nitrogens with zero attached hydrogens (tertiary/aromatic N) is 2. The van der Waals surface area contributed by atoms with Crippen molar-refractivity contribution in [2.75, 3.05) is 0 Å². The summed E-state index contributed by atoms with van der Waals surface area (Å²) in [7, 11) is 0. The Kier molecular flexibility index (Phi) is 5.13. The fourth-order valence-corrected chi connectivity index (χ4v) is 9.54. The molecule has 0 bridgehead atoms. The molecule has 2 heterocycles. The van der Waals surface area contributed by atoms with Gasteiger partial charge < -0.3 is 0 Å². The van der Waals surface area contributed by atoms with E-state index in [0.29, 0.717) is 0 Å². The van der Waals surface area contributed by atoms with Gasteiger partial charge >= 0.3 is 0 Å². The molecule has 11 rings (SSSR count). The first-order chi connectivity index (χ1) is 23.3. The third-order valence-electron chi connectivity index (χ3n) is 10.3. The highest BCUT2D eigenvalue weighted by Crippen LogP contribution is 2.52. The van der Waals surface area contributed by atoms with Crippen LogP contribution < -0.4 is 0 Å². The molecular formula is C44H26N2S. The highest BCUT2D eigenvalue weighted by atomic mass is 32.1. The van der Waals surface area contributed by atoms with Crippen molar-refractivity contribution >= 4 is 54.9 Å². The Labute approximate surface area is 275 Å². The Morgan fingerprint density at radius 1 is 0.340 bits per heavy atom. The summed E-state index contributed by atoms with van der Waals surface area (Å²) < 4.78 is 0. The molecule has 3 heteroatoms. The topological polar surface area (TPSA) is 25.8 Å². The summed E-state index contributed by atoms with van der Waals surface area (Å²) in [5.41, 5.74) is 17.3. The van der Waals surface area contributed by atoms with Crippen molar-refractivity contribution in [3.8, 4) is 43.1 Å². The number of hydrogen-bond donors (Lipinski definition) is 0. The minimum atomic E-state index is 0.962. The monoisotopic (exact) mass is 614 g/mol. The SMILES string of the molecule is c1ccc2c(c1)Cc1cccc(-c3sc(-c4cccc5c4-c4ccccc4C5)c4nc5c6ccccc6c6ccccc6c5nc34)c1-2. The molecule has 0 amide bonds. The number of rotatable bonds is 2. The maximum Gasteiger partial charge on any atom is 0.109 e. The van der Waals surface area contributed by atoms with Gasteiger partial charge in [0, 0.05) is 21.9 Å². The van der Waals surface area contributed by atoms with E-state index in [9.17, 15) is 0 Å². The lowest BCUT2D eigenvalue weighted by Gasteiger charge is -2.11. The van der Waals surface area contributed by atoms with Crippen LogP contribution in [0.1, 0.15) is 22.3 Å². The number of benzene rings is 7. The van der Waals surface area contributed by atoms with Gasteiger partial charge in [-0.3, -0.25) is 0 Å². The van der Waals surface area contributed by atoms with Crippen LogP contribution in [0.5, 0.6) is 0 Å². The largest absolute Gasteiger partial charge is 0.242 e. The predicted octanol–water partition coefficient (Wildman–Crippen LogP) is 11.6. The van der Waals surface area contributed by atoms with E-state index in [0.717, 1.165) is 45.7 Å². The van der Waals surface area contributed by atoms with Crippen LogP contribution in [0.25, 0.3) is 86.7 Å². The third-order valence-corrected chi connectivity index (χ3v) is 11.5. The van der Waals surface area contributed by atoms with Crippen molar-refractivity contribution in [1.82, 2.24) is 9.97 Å². The Hall–Kier alpha value is -5.64. The van der Waals surface area contributed by atoms with Crippen molar-refractivity contribution in [3.05, 3.63) is 156 Å². The van der Waals surface area contributed by atoms with E-state index in [1.54, 1.807) is 0 Å². The van der Waals surface area contributed by atoms with E-state index >= 15 is 0 Å². The van der Waals surface area contributed by atoms with Crippen LogP contribution in [0, 0.1) is 0 Å². The molecule has 2 aromatic heterocycles. The zero-order chi connectivity index (χ0) is 30.6. The van der Waals surface area contributed by atoms with Gasteiger partial charge in [0.1, 0.15) is 11.0 Å². The highest BCUT2D eigenvalue weighted by Gasteiger charge is 2.29. The van der Waals surface area contributed by atoms with E-state index in [1.165, 1.54) is 76.2 Å². The summed E-state index contributed by atoms with van der Waals surface area (Å²) in [4.78, 5) is 13.7. The Morgan fingerprint density at radius 2 is 0.723 bits per heavy atom. The fourth-order valence-electron chi connectivity index (χ4n) is 8.30. The fraction of sp³-hybridized carbons (Fsp3) is 0.0455. The molecular weight excluding hydrogens is 589 g/mol. The maximum atomic E-state index is 5.65. The smallest absolute Gasteiger partial charge is 0.109 e. The van der Waals surface area contributed by atoms with E-state index in [-0.39, 0.29) is 0 Å². The molecule has 2 nitrogen and oxygen atoms in total. The normalized spacial score (nSPS) is 12.9. The zero-order valence-corrected chi connectivity index (χ0v) is 26.2. The third kappa shape index (κ3) is 3.49. The van der Waals surface area contributed by atoms with Crippen LogP contribution in [0.4, 0.5) is 0 Å². The van der Waals surface area contributed by atoms with Crippen molar-refractivity contribution in [3.63, 3.8) is 0 Å². The zero-order valence-electron chi connectivity index (χ0n) is 25.4. The van der Waals surface area contributed by atoms with E-state index in [2.05, 4.69) is 133 Å². The van der Waals surface area contributed by atoms with E-state index in [4.69, 9.17) is 9.97 Å². The molecule has 2 aliphatic rings.